The van der Waals surface area contributed by atoms with Crippen LogP contribution in [0.15, 0.2) is 30.9 Å². The first-order valence-electron chi connectivity index (χ1n) is 4.42. The van der Waals surface area contributed by atoms with Crippen LogP contribution in [0.4, 0.5) is 5.69 Å². The van der Waals surface area contributed by atoms with Crippen molar-refractivity contribution in [3.63, 3.8) is 0 Å². The van der Waals surface area contributed by atoms with Crippen LogP contribution in [-0.2, 0) is 4.79 Å². The van der Waals surface area contributed by atoms with E-state index in [2.05, 4.69) is 11.9 Å². The number of halogens is 1. The fourth-order valence-electron chi connectivity index (χ4n) is 1.14. The molecule has 4 heteroatoms. The third-order valence-corrected chi connectivity index (χ3v) is 2.26. The summed E-state index contributed by atoms with van der Waals surface area (Å²) in [5.41, 5.74) is 1.61. The predicted molar refractivity (Wildman–Crippen MR) is 61.4 cm³/mol. The molecular formula is C11H12ClNO2. The number of carboxylic acids is 1. The molecule has 0 saturated carbocycles. The molecule has 1 unspecified atom stereocenters. The summed E-state index contributed by atoms with van der Waals surface area (Å²) in [7, 11) is 0. The van der Waals surface area contributed by atoms with Gasteiger partial charge in [0.2, 0.25) is 0 Å². The summed E-state index contributed by atoms with van der Waals surface area (Å²) in [6.07, 6.45) is 1.32. The fraction of sp³-hybridized carbons (Fsp3) is 0.182. The molecule has 15 heavy (non-hydrogen) atoms. The Kier molecular flexibility index (Phi) is 3.74. The number of carbonyl (C=O) groups is 1. The molecule has 1 rings (SSSR count). The first-order valence-corrected chi connectivity index (χ1v) is 4.80. The lowest BCUT2D eigenvalue weighted by atomic mass is 10.2. The molecule has 3 nitrogen and oxygen atoms in total. The number of benzene rings is 1. The maximum Gasteiger partial charge on any atom is 0.330 e. The van der Waals surface area contributed by atoms with Crippen molar-refractivity contribution in [1.82, 2.24) is 0 Å². The molecule has 0 bridgehead atoms. The molecule has 0 aliphatic rings. The summed E-state index contributed by atoms with van der Waals surface area (Å²) in [4.78, 5) is 10.8. The molecule has 0 aliphatic heterocycles. The van der Waals surface area contributed by atoms with Crippen molar-refractivity contribution in [3.05, 3.63) is 41.4 Å². The van der Waals surface area contributed by atoms with E-state index in [1.165, 1.54) is 6.08 Å². The van der Waals surface area contributed by atoms with Crippen LogP contribution in [0, 0.1) is 6.92 Å². The second-order valence-electron chi connectivity index (χ2n) is 3.18. The number of hydrogen-bond donors (Lipinski definition) is 2. The van der Waals surface area contributed by atoms with E-state index in [1.54, 1.807) is 12.1 Å². The summed E-state index contributed by atoms with van der Waals surface area (Å²) in [6, 6.07) is 4.55. The summed E-state index contributed by atoms with van der Waals surface area (Å²) >= 11 is 5.91. The van der Waals surface area contributed by atoms with Crippen LogP contribution in [0.2, 0.25) is 5.02 Å². The molecule has 0 fully saturated rings. The van der Waals surface area contributed by atoms with Crippen LogP contribution in [0.3, 0.4) is 0 Å². The molecular weight excluding hydrogens is 214 g/mol. The summed E-state index contributed by atoms with van der Waals surface area (Å²) < 4.78 is 0. The number of aliphatic carboxylic acids is 1. The Morgan fingerprint density at radius 1 is 1.67 bits per heavy atom. The lowest BCUT2D eigenvalue weighted by Gasteiger charge is -2.13. The molecule has 0 amide bonds. The van der Waals surface area contributed by atoms with Gasteiger partial charge in [-0.25, -0.2) is 4.79 Å². The maximum absolute atomic E-state index is 10.8. The van der Waals surface area contributed by atoms with E-state index < -0.39 is 12.0 Å². The summed E-state index contributed by atoms with van der Waals surface area (Å²) in [5.74, 6) is -0.984. The minimum absolute atomic E-state index is 0.494. The zero-order valence-corrected chi connectivity index (χ0v) is 9.08. The normalized spacial score (nSPS) is 11.9. The van der Waals surface area contributed by atoms with Crippen molar-refractivity contribution in [2.24, 2.45) is 0 Å². The monoisotopic (exact) mass is 225 g/mol. The molecule has 1 aromatic rings. The third-order valence-electron chi connectivity index (χ3n) is 1.93. The average Bonchev–Trinajstić information content (AvgIpc) is 2.18. The van der Waals surface area contributed by atoms with Gasteiger partial charge < -0.3 is 10.4 Å². The van der Waals surface area contributed by atoms with E-state index in [0.717, 1.165) is 5.56 Å². The number of nitrogens with one attached hydrogen (secondary N) is 1. The number of carboxylic acid groups (broad SMARTS) is 1. The van der Waals surface area contributed by atoms with Gasteiger partial charge in [-0.05, 0) is 24.6 Å². The predicted octanol–water partition coefficient (Wildman–Crippen LogP) is 2.70. The molecule has 1 atom stereocenters. The first kappa shape index (κ1) is 11.6. The first-order chi connectivity index (χ1) is 7.04. The molecule has 0 aliphatic carbocycles. The highest BCUT2D eigenvalue weighted by molar-refractivity contribution is 6.33. The van der Waals surface area contributed by atoms with Crippen molar-refractivity contribution < 1.29 is 9.90 Å². The number of aryl methyl sites for hydroxylation is 1. The Morgan fingerprint density at radius 3 is 2.87 bits per heavy atom. The van der Waals surface area contributed by atoms with Gasteiger partial charge in [0.25, 0.3) is 0 Å². The van der Waals surface area contributed by atoms with Crippen molar-refractivity contribution in [2.45, 2.75) is 13.0 Å². The lowest BCUT2D eigenvalue weighted by Crippen LogP contribution is -2.26. The molecule has 0 spiro atoms. The average molecular weight is 226 g/mol. The van der Waals surface area contributed by atoms with Crippen molar-refractivity contribution in [1.29, 1.82) is 0 Å². The van der Waals surface area contributed by atoms with Gasteiger partial charge in [-0.2, -0.15) is 0 Å². The van der Waals surface area contributed by atoms with E-state index in [-0.39, 0.29) is 0 Å². The number of anilines is 1. The third kappa shape index (κ3) is 2.99. The van der Waals surface area contributed by atoms with Gasteiger partial charge in [0.1, 0.15) is 6.04 Å². The van der Waals surface area contributed by atoms with Crippen LogP contribution in [0.5, 0.6) is 0 Å². The van der Waals surface area contributed by atoms with Crippen LogP contribution < -0.4 is 5.32 Å². The fourth-order valence-corrected chi connectivity index (χ4v) is 1.31. The quantitative estimate of drug-likeness (QED) is 0.775. The minimum Gasteiger partial charge on any atom is -0.479 e. The van der Waals surface area contributed by atoms with Crippen molar-refractivity contribution >= 4 is 23.3 Å². The maximum atomic E-state index is 10.8. The Hall–Kier alpha value is -1.48. The van der Waals surface area contributed by atoms with Gasteiger partial charge in [-0.3, -0.25) is 0 Å². The van der Waals surface area contributed by atoms with E-state index in [9.17, 15) is 4.79 Å². The molecule has 1 aromatic carbocycles. The van der Waals surface area contributed by atoms with E-state index in [4.69, 9.17) is 16.7 Å². The highest BCUT2D eigenvalue weighted by Crippen LogP contribution is 2.23. The van der Waals surface area contributed by atoms with Crippen molar-refractivity contribution in [3.8, 4) is 0 Å². The Morgan fingerprint density at radius 2 is 2.33 bits per heavy atom. The van der Waals surface area contributed by atoms with E-state index >= 15 is 0 Å². The van der Waals surface area contributed by atoms with Gasteiger partial charge in [0.05, 0.1) is 10.7 Å². The molecule has 2 N–H and O–H groups in total. The SMILES string of the molecule is C=CC(Nc1cc(C)ccc1Cl)C(=O)O. The Bertz CT molecular complexity index is 390. The zero-order chi connectivity index (χ0) is 11.4. The molecule has 0 aromatic heterocycles. The highest BCUT2D eigenvalue weighted by atomic mass is 35.5. The largest absolute Gasteiger partial charge is 0.479 e. The molecule has 0 radical (unpaired) electrons. The number of hydrogen-bond acceptors (Lipinski definition) is 2. The number of rotatable bonds is 4. The zero-order valence-electron chi connectivity index (χ0n) is 8.33. The molecule has 0 heterocycles. The topological polar surface area (TPSA) is 49.3 Å². The summed E-state index contributed by atoms with van der Waals surface area (Å²) in [5, 5.41) is 12.1. The van der Waals surface area contributed by atoms with Gasteiger partial charge in [0, 0.05) is 0 Å². The standard InChI is InChI=1S/C11H12ClNO2/c1-3-9(11(14)15)13-10-6-7(2)4-5-8(10)12/h3-6,9,13H,1H2,2H3,(H,14,15). The van der Waals surface area contributed by atoms with Gasteiger partial charge in [0.15, 0.2) is 0 Å². The molecule has 0 saturated heterocycles. The smallest absolute Gasteiger partial charge is 0.330 e. The Labute approximate surface area is 93.4 Å². The van der Waals surface area contributed by atoms with E-state index in [0.29, 0.717) is 10.7 Å². The van der Waals surface area contributed by atoms with Gasteiger partial charge in [-0.1, -0.05) is 23.7 Å². The van der Waals surface area contributed by atoms with Crippen molar-refractivity contribution in [2.75, 3.05) is 5.32 Å². The minimum atomic E-state index is -0.984. The lowest BCUT2D eigenvalue weighted by molar-refractivity contribution is -0.136. The second kappa shape index (κ2) is 4.84. The van der Waals surface area contributed by atoms with Gasteiger partial charge >= 0.3 is 5.97 Å². The second-order valence-corrected chi connectivity index (χ2v) is 3.59. The van der Waals surface area contributed by atoms with Crippen LogP contribution in [0.1, 0.15) is 5.56 Å². The van der Waals surface area contributed by atoms with E-state index in [1.807, 2.05) is 13.0 Å². The van der Waals surface area contributed by atoms with Crippen LogP contribution in [-0.4, -0.2) is 17.1 Å². The van der Waals surface area contributed by atoms with Crippen LogP contribution >= 0.6 is 11.6 Å². The van der Waals surface area contributed by atoms with Gasteiger partial charge in [-0.15, -0.1) is 6.58 Å². The summed E-state index contributed by atoms with van der Waals surface area (Å²) in [6.45, 7) is 5.35. The molecule has 80 valence electrons. The highest BCUT2D eigenvalue weighted by Gasteiger charge is 2.13. The Balaban J connectivity index is 2.92. The van der Waals surface area contributed by atoms with Crippen LogP contribution in [0.25, 0.3) is 0 Å².